The quantitative estimate of drug-likeness (QED) is 0.118. The fourth-order valence-corrected chi connectivity index (χ4v) is 6.59. The third kappa shape index (κ3) is 10.2. The zero-order valence-corrected chi connectivity index (χ0v) is 34.4. The monoisotopic (exact) mass is 995 g/mol. The first-order valence-electron chi connectivity index (χ1n) is 17.8. The second-order valence-corrected chi connectivity index (χ2v) is 14.5. The molecular weight excluding hydrogens is 955 g/mol. The maximum absolute atomic E-state index is 14.5. The molecule has 28 heteroatoms. The van der Waals surface area contributed by atoms with E-state index in [9.17, 15) is 55.4 Å². The number of carbonyl (C=O) groups excluding carboxylic acids is 2. The molecule has 0 amide bonds. The van der Waals surface area contributed by atoms with Crippen molar-refractivity contribution in [2.75, 3.05) is 23.8 Å². The molecule has 338 valence electrons. The predicted octanol–water partition coefficient (Wildman–Crippen LogP) is 0.716. The fraction of sp³-hybridized carbons (Fsp3) is 0.576. The number of aromatic nitrogens is 6. The van der Waals surface area contributed by atoms with Gasteiger partial charge in [0.2, 0.25) is 18.7 Å². The highest BCUT2D eigenvalue weighted by Crippen LogP contribution is 2.46. The van der Waals surface area contributed by atoms with Crippen molar-refractivity contribution >= 4 is 52.0 Å². The summed E-state index contributed by atoms with van der Waals surface area (Å²) in [6.45, 7) is 4.52. The third-order valence-electron chi connectivity index (χ3n) is 9.04. The molecule has 21 nitrogen and oxygen atoms in total. The Bertz CT molecular complexity index is 2250. The highest BCUT2D eigenvalue weighted by molar-refractivity contribution is 14.1. The molecule has 0 bridgehead atoms. The minimum absolute atomic E-state index is 0.0493. The molecule has 0 saturated carbocycles. The Balaban J connectivity index is 0.000000202. The van der Waals surface area contributed by atoms with Gasteiger partial charge in [0.05, 0.1) is 10.2 Å². The summed E-state index contributed by atoms with van der Waals surface area (Å²) in [6.07, 6.45) is -11.4. The normalized spacial score (nSPS) is 28.2. The summed E-state index contributed by atoms with van der Waals surface area (Å²) in [4.78, 5) is 67.2. The Morgan fingerprint density at radius 2 is 1.10 bits per heavy atom. The molecular formula is C33H40F6IN9O12. The Labute approximate surface area is 352 Å². The molecule has 3 aliphatic heterocycles. The van der Waals surface area contributed by atoms with E-state index in [-0.39, 0.29) is 30.3 Å². The van der Waals surface area contributed by atoms with Crippen LogP contribution in [0.2, 0.25) is 0 Å². The van der Waals surface area contributed by atoms with Crippen LogP contribution in [0.4, 0.5) is 43.8 Å². The molecule has 3 aliphatic rings. The van der Waals surface area contributed by atoms with Crippen LogP contribution in [0.1, 0.15) is 59.2 Å². The standard InChI is InChI=1S/C12H14F2IN3O4.C12H15F2N3O4.C9H11F2N3O4/c1-3-7-8(21-5(2)19)12(13,14)10(22-7)18-4-6(15)9(16)17-11(18)20;1-3-7-9(20-6(2)18)12(13,14)10(21-7)17-5-4-8(15)16-11(17)19;10-9(11)6(16)4(3-15)18-7(9)14-2-1-5(12)13-8(14)17/h4,7-8,10H,3H2,1-2H3,(H2,16,17,20);4-5,7,9-10H,3H2,1-2H3,(H2,15,16,19);1-2,4,6-7,15-16H,3H2,(H2,12,13,17)/t7-,8?,10-;7-,9?,10-;4-,6?,7-/m111/s1. The van der Waals surface area contributed by atoms with Crippen molar-refractivity contribution in [2.24, 2.45) is 0 Å². The Morgan fingerprint density at radius 3 is 1.46 bits per heavy atom. The maximum Gasteiger partial charge on any atom is 0.351 e. The van der Waals surface area contributed by atoms with Crippen LogP contribution < -0.4 is 34.3 Å². The second-order valence-electron chi connectivity index (χ2n) is 13.4. The Kier molecular flexibility index (Phi) is 15.2. The van der Waals surface area contributed by atoms with Crippen LogP contribution in [0.25, 0.3) is 0 Å². The minimum atomic E-state index is -3.71. The number of nitrogens with two attached hydrogens (primary N) is 3. The summed E-state index contributed by atoms with van der Waals surface area (Å²) in [5.41, 5.74) is 13.1. The van der Waals surface area contributed by atoms with Gasteiger partial charge >= 0.3 is 46.8 Å². The molecule has 3 aromatic rings. The van der Waals surface area contributed by atoms with Crippen LogP contribution >= 0.6 is 22.6 Å². The number of rotatable bonds is 8. The van der Waals surface area contributed by atoms with Crippen LogP contribution in [0.15, 0.2) is 45.1 Å². The number of hydrogen-bond donors (Lipinski definition) is 5. The number of ether oxygens (including phenoxy) is 5. The van der Waals surface area contributed by atoms with Crippen LogP contribution in [0, 0.1) is 3.57 Å². The number of nitrogens with zero attached hydrogens (tertiary/aromatic N) is 6. The van der Waals surface area contributed by atoms with Crippen molar-refractivity contribution in [1.29, 1.82) is 0 Å². The minimum Gasteiger partial charge on any atom is -0.453 e. The van der Waals surface area contributed by atoms with E-state index in [0.717, 1.165) is 38.5 Å². The van der Waals surface area contributed by atoms with Crippen LogP contribution in [0.3, 0.4) is 0 Å². The molecule has 0 spiro atoms. The first kappa shape index (κ1) is 48.8. The summed E-state index contributed by atoms with van der Waals surface area (Å²) in [7, 11) is 0. The molecule has 8 N–H and O–H groups in total. The molecule has 0 aromatic carbocycles. The van der Waals surface area contributed by atoms with Gasteiger partial charge in [-0.05, 0) is 47.6 Å². The van der Waals surface area contributed by atoms with Crippen molar-refractivity contribution in [3.8, 4) is 0 Å². The number of aliphatic hydroxyl groups excluding tert-OH is 2. The summed E-state index contributed by atoms with van der Waals surface area (Å²) < 4.78 is 112. The average Bonchev–Trinajstić information content (AvgIpc) is 3.66. The molecule has 9 atom stereocenters. The molecule has 6 heterocycles. The lowest BCUT2D eigenvalue weighted by molar-refractivity contribution is -0.174. The van der Waals surface area contributed by atoms with Crippen molar-refractivity contribution in [3.63, 3.8) is 0 Å². The molecule has 3 fully saturated rings. The first-order valence-corrected chi connectivity index (χ1v) is 18.9. The topological polar surface area (TPSA) is 303 Å². The van der Waals surface area contributed by atoms with Crippen molar-refractivity contribution in [1.82, 2.24) is 28.7 Å². The van der Waals surface area contributed by atoms with E-state index in [1.807, 2.05) is 0 Å². The van der Waals surface area contributed by atoms with E-state index in [1.165, 1.54) is 6.07 Å². The van der Waals surface area contributed by atoms with Gasteiger partial charge in [-0.3, -0.25) is 23.3 Å². The number of halogens is 7. The molecule has 6 rings (SSSR count). The number of hydrogen-bond acceptors (Lipinski definition) is 18. The van der Waals surface area contributed by atoms with Gasteiger partial charge in [0, 0.05) is 32.4 Å². The van der Waals surface area contributed by atoms with Crippen molar-refractivity contribution < 1.29 is 69.8 Å². The lowest BCUT2D eigenvalue weighted by Gasteiger charge is -2.23. The van der Waals surface area contributed by atoms with Gasteiger partial charge in [-0.15, -0.1) is 0 Å². The molecule has 3 saturated heterocycles. The van der Waals surface area contributed by atoms with Crippen LogP contribution in [-0.4, -0.2) is 112 Å². The number of anilines is 3. The van der Waals surface area contributed by atoms with Crippen molar-refractivity contribution in [2.45, 2.75) is 114 Å². The van der Waals surface area contributed by atoms with Gasteiger partial charge in [0.25, 0.3) is 0 Å². The van der Waals surface area contributed by atoms with Crippen LogP contribution in [0.5, 0.6) is 0 Å². The lowest BCUT2D eigenvalue weighted by Crippen LogP contribution is -2.43. The summed E-state index contributed by atoms with van der Waals surface area (Å²) in [6, 6.07) is 2.36. The third-order valence-corrected chi connectivity index (χ3v) is 9.88. The molecule has 3 unspecified atom stereocenters. The summed E-state index contributed by atoms with van der Waals surface area (Å²) in [5, 5.41) is 18.1. The largest absolute Gasteiger partial charge is 0.453 e. The van der Waals surface area contributed by atoms with Gasteiger partial charge in [-0.2, -0.15) is 41.3 Å². The molecule has 0 aliphatic carbocycles. The average molecular weight is 996 g/mol. The molecule has 0 radical (unpaired) electrons. The second kappa shape index (κ2) is 19.0. The van der Waals surface area contributed by atoms with E-state index >= 15 is 0 Å². The number of alkyl halides is 6. The van der Waals surface area contributed by atoms with E-state index in [2.05, 4.69) is 19.7 Å². The number of esters is 2. The van der Waals surface area contributed by atoms with Crippen LogP contribution in [-0.2, 0) is 33.3 Å². The smallest absolute Gasteiger partial charge is 0.351 e. The predicted molar refractivity (Wildman–Crippen MR) is 203 cm³/mol. The van der Waals surface area contributed by atoms with Gasteiger partial charge < -0.3 is 51.1 Å². The highest BCUT2D eigenvalue weighted by atomic mass is 127. The van der Waals surface area contributed by atoms with E-state index < -0.39 is 109 Å². The summed E-state index contributed by atoms with van der Waals surface area (Å²) in [5.74, 6) is -12.8. The van der Waals surface area contributed by atoms with E-state index in [1.54, 1.807) is 36.4 Å². The first-order chi connectivity index (χ1) is 28.3. The van der Waals surface area contributed by atoms with Gasteiger partial charge in [-0.25, -0.2) is 14.4 Å². The lowest BCUT2D eigenvalue weighted by atomic mass is 10.1. The van der Waals surface area contributed by atoms with Gasteiger partial charge in [-0.1, -0.05) is 13.8 Å². The Morgan fingerprint density at radius 1 is 0.721 bits per heavy atom. The van der Waals surface area contributed by atoms with Gasteiger partial charge in [0.15, 0.2) is 18.3 Å². The number of nitrogen functional groups attached to an aromatic ring is 3. The maximum atomic E-state index is 14.5. The number of aliphatic hydroxyl groups is 2. The SMILES string of the molecule is CC[C@H]1O[C@@H](n2cc(I)c(N)nc2=O)C(F)(F)C1OC(C)=O.CC[C@H]1O[C@@H](n2ccc(N)nc2=O)C(F)(F)C1OC(C)=O.Nc1ccn([C@@H]2O[C@H](CO)C(O)C2(F)F)c(=O)n1. The zero-order valence-electron chi connectivity index (χ0n) is 32.2. The van der Waals surface area contributed by atoms with E-state index in [0.29, 0.717) is 17.3 Å². The van der Waals surface area contributed by atoms with Gasteiger partial charge in [0.1, 0.15) is 35.8 Å². The summed E-state index contributed by atoms with van der Waals surface area (Å²) >= 11 is 1.77. The zero-order chi connectivity index (χ0) is 45.9. The highest BCUT2D eigenvalue weighted by Gasteiger charge is 2.63. The molecule has 3 aromatic heterocycles. The number of carbonyl (C=O) groups is 2. The van der Waals surface area contributed by atoms with E-state index in [4.69, 9.17) is 41.3 Å². The fourth-order valence-electron chi connectivity index (χ4n) is 6.17. The Hall–Kier alpha value is -4.91. The van der Waals surface area contributed by atoms with Crippen molar-refractivity contribution in [3.05, 3.63) is 65.7 Å². The molecule has 61 heavy (non-hydrogen) atoms.